The van der Waals surface area contributed by atoms with Crippen molar-refractivity contribution in [2.45, 2.75) is 25.7 Å². The van der Waals surface area contributed by atoms with Crippen molar-refractivity contribution in [3.63, 3.8) is 0 Å². The number of likely N-dealkylation sites (tertiary alicyclic amines) is 1. The highest BCUT2D eigenvalue weighted by Crippen LogP contribution is 2.29. The Morgan fingerprint density at radius 2 is 2.00 bits per heavy atom. The lowest BCUT2D eigenvalue weighted by Crippen LogP contribution is -2.62. The third-order valence-electron chi connectivity index (χ3n) is 4.45. The molecule has 9 nitrogen and oxygen atoms in total. The van der Waals surface area contributed by atoms with Gasteiger partial charge in [0.2, 0.25) is 15.9 Å². The molecule has 0 spiro atoms. The number of hydrogen-bond acceptors (Lipinski definition) is 7. The Bertz CT molecular complexity index is 1020. The van der Waals surface area contributed by atoms with Crippen LogP contribution in [0.1, 0.15) is 22.1 Å². The number of hydrogen-bond donors (Lipinski definition) is 0. The first-order chi connectivity index (χ1) is 13.9. The van der Waals surface area contributed by atoms with Gasteiger partial charge in [-0.3, -0.25) is 4.79 Å². The zero-order chi connectivity index (χ0) is 22.1. The van der Waals surface area contributed by atoms with Crippen LogP contribution in [0.2, 0.25) is 0 Å². The standard InChI is InChI=1S/C17H19F3N4O5S/c1-11-21-15(22-29-11)7-8-24(30(2,26)27)12-9-23(10-12)16(25)13-5-3-4-6-14(13)28-17(18,19)20/h3-6,12H,7-10H2,1-2H3. The van der Waals surface area contributed by atoms with E-state index in [-0.39, 0.29) is 31.6 Å². The van der Waals surface area contributed by atoms with E-state index in [9.17, 15) is 26.4 Å². The number of carbonyl (C=O) groups is 1. The molecule has 1 saturated heterocycles. The van der Waals surface area contributed by atoms with Crippen LogP contribution in [-0.2, 0) is 16.4 Å². The minimum Gasteiger partial charge on any atom is -0.405 e. The van der Waals surface area contributed by atoms with Crippen molar-refractivity contribution in [2.24, 2.45) is 0 Å². The maximum Gasteiger partial charge on any atom is 0.573 e. The number of carbonyl (C=O) groups excluding carboxylic acids is 1. The average molecular weight is 448 g/mol. The number of alkyl halides is 3. The lowest BCUT2D eigenvalue weighted by atomic mass is 10.1. The summed E-state index contributed by atoms with van der Waals surface area (Å²) in [7, 11) is -3.60. The summed E-state index contributed by atoms with van der Waals surface area (Å²) in [5.41, 5.74) is -0.249. The Kier molecular flexibility index (Phi) is 6.04. The highest BCUT2D eigenvalue weighted by Gasteiger charge is 2.40. The molecule has 3 rings (SSSR count). The third-order valence-corrected chi connectivity index (χ3v) is 5.78. The lowest BCUT2D eigenvalue weighted by Gasteiger charge is -2.44. The van der Waals surface area contributed by atoms with E-state index in [1.54, 1.807) is 6.92 Å². The van der Waals surface area contributed by atoms with E-state index in [4.69, 9.17) is 4.52 Å². The Labute approximate surface area is 170 Å². The first-order valence-electron chi connectivity index (χ1n) is 8.84. The maximum atomic E-state index is 12.6. The second-order valence-electron chi connectivity index (χ2n) is 6.76. The van der Waals surface area contributed by atoms with Crippen molar-refractivity contribution in [1.82, 2.24) is 19.3 Å². The molecule has 164 valence electrons. The Balaban J connectivity index is 1.66. The van der Waals surface area contributed by atoms with Crippen LogP contribution in [0.5, 0.6) is 5.75 Å². The SMILES string of the molecule is Cc1nc(CCN(C2CN(C(=O)c3ccccc3OC(F)(F)F)C2)S(C)(=O)=O)no1. The van der Waals surface area contributed by atoms with E-state index < -0.39 is 34.1 Å². The molecule has 0 aliphatic carbocycles. The molecule has 0 radical (unpaired) electrons. The van der Waals surface area contributed by atoms with Gasteiger partial charge in [-0.15, -0.1) is 13.2 Å². The second kappa shape index (κ2) is 8.22. The fourth-order valence-electron chi connectivity index (χ4n) is 3.10. The second-order valence-corrected chi connectivity index (χ2v) is 8.70. The van der Waals surface area contributed by atoms with Gasteiger partial charge < -0.3 is 14.2 Å². The van der Waals surface area contributed by atoms with E-state index in [1.807, 2.05) is 0 Å². The van der Waals surface area contributed by atoms with Gasteiger partial charge in [-0.25, -0.2) is 8.42 Å². The third kappa shape index (κ3) is 5.27. The van der Waals surface area contributed by atoms with E-state index >= 15 is 0 Å². The minimum atomic E-state index is -4.94. The van der Waals surface area contributed by atoms with Crippen LogP contribution in [0.4, 0.5) is 13.2 Å². The lowest BCUT2D eigenvalue weighted by molar-refractivity contribution is -0.274. The van der Waals surface area contributed by atoms with Gasteiger partial charge in [-0.05, 0) is 12.1 Å². The number of rotatable bonds is 7. The van der Waals surface area contributed by atoms with Crippen LogP contribution in [0, 0.1) is 6.92 Å². The van der Waals surface area contributed by atoms with Gasteiger partial charge in [0, 0.05) is 33.0 Å². The van der Waals surface area contributed by atoms with E-state index in [2.05, 4.69) is 14.9 Å². The first-order valence-corrected chi connectivity index (χ1v) is 10.7. The number of aryl methyl sites for hydroxylation is 1. The molecule has 0 saturated carbocycles. The topological polar surface area (TPSA) is 106 Å². The van der Waals surface area contributed by atoms with Crippen molar-refractivity contribution >= 4 is 15.9 Å². The summed E-state index contributed by atoms with van der Waals surface area (Å²) in [6.45, 7) is 1.77. The molecule has 0 atom stereocenters. The molecule has 0 unspecified atom stereocenters. The van der Waals surface area contributed by atoms with Crippen LogP contribution >= 0.6 is 0 Å². The monoisotopic (exact) mass is 448 g/mol. The average Bonchev–Trinajstić information content (AvgIpc) is 2.99. The molecule has 1 fully saturated rings. The number of sulfonamides is 1. The number of para-hydroxylation sites is 1. The molecule has 0 bridgehead atoms. The molecule has 2 aromatic rings. The summed E-state index contributed by atoms with van der Waals surface area (Å²) >= 11 is 0. The largest absolute Gasteiger partial charge is 0.573 e. The molecule has 2 heterocycles. The zero-order valence-corrected chi connectivity index (χ0v) is 16.9. The maximum absolute atomic E-state index is 12.6. The highest BCUT2D eigenvalue weighted by atomic mass is 32.2. The number of halogens is 3. The molecule has 30 heavy (non-hydrogen) atoms. The van der Waals surface area contributed by atoms with Crippen molar-refractivity contribution in [2.75, 3.05) is 25.9 Å². The Hall–Kier alpha value is -2.67. The molecule has 1 aromatic carbocycles. The fraction of sp³-hybridized carbons (Fsp3) is 0.471. The summed E-state index contributed by atoms with van der Waals surface area (Å²) in [5, 5.41) is 3.72. The summed E-state index contributed by atoms with van der Waals surface area (Å²) in [4.78, 5) is 17.9. The number of aromatic nitrogens is 2. The van der Waals surface area contributed by atoms with Gasteiger partial charge in [0.15, 0.2) is 5.82 Å². The molecule has 1 amide bonds. The highest BCUT2D eigenvalue weighted by molar-refractivity contribution is 7.88. The zero-order valence-electron chi connectivity index (χ0n) is 16.1. The number of nitrogens with zero attached hydrogens (tertiary/aromatic N) is 4. The summed E-state index contributed by atoms with van der Waals surface area (Å²) in [6, 6.07) is 4.51. The van der Waals surface area contributed by atoms with Gasteiger partial charge in [0.25, 0.3) is 5.91 Å². The fourth-order valence-corrected chi connectivity index (χ4v) is 4.20. The summed E-state index contributed by atoms with van der Waals surface area (Å²) in [5.74, 6) is -0.568. The Morgan fingerprint density at radius 3 is 2.57 bits per heavy atom. The van der Waals surface area contributed by atoms with Crippen LogP contribution in [0.15, 0.2) is 28.8 Å². The summed E-state index contributed by atoms with van der Waals surface area (Å²) in [6.07, 6.45) is -3.67. The van der Waals surface area contributed by atoms with E-state index in [1.165, 1.54) is 27.4 Å². The van der Waals surface area contributed by atoms with Crippen molar-refractivity contribution in [3.05, 3.63) is 41.5 Å². The molecule has 1 aliphatic rings. The van der Waals surface area contributed by atoms with Crippen LogP contribution in [-0.4, -0.2) is 72.0 Å². The number of ether oxygens (including phenoxy) is 1. The minimum absolute atomic E-state index is 0.0392. The predicted octanol–water partition coefficient (Wildman–Crippen LogP) is 1.61. The molecule has 13 heteroatoms. The van der Waals surface area contributed by atoms with E-state index in [0.717, 1.165) is 12.3 Å². The predicted molar refractivity (Wildman–Crippen MR) is 97.1 cm³/mol. The van der Waals surface area contributed by atoms with Gasteiger partial charge in [-0.1, -0.05) is 17.3 Å². The van der Waals surface area contributed by atoms with Crippen molar-refractivity contribution in [1.29, 1.82) is 0 Å². The molecule has 1 aliphatic heterocycles. The number of amides is 1. The number of benzene rings is 1. The molecular weight excluding hydrogens is 429 g/mol. The van der Waals surface area contributed by atoms with Gasteiger partial charge in [-0.2, -0.15) is 9.29 Å². The van der Waals surface area contributed by atoms with Gasteiger partial charge in [0.05, 0.1) is 17.9 Å². The first kappa shape index (κ1) is 22.0. The van der Waals surface area contributed by atoms with Crippen molar-refractivity contribution in [3.8, 4) is 5.75 Å². The smallest absolute Gasteiger partial charge is 0.405 e. The van der Waals surface area contributed by atoms with Gasteiger partial charge >= 0.3 is 6.36 Å². The Morgan fingerprint density at radius 1 is 1.33 bits per heavy atom. The van der Waals surface area contributed by atoms with Crippen molar-refractivity contribution < 1.29 is 35.6 Å². The molecule has 0 N–H and O–H groups in total. The van der Waals surface area contributed by atoms with Gasteiger partial charge in [0.1, 0.15) is 5.75 Å². The summed E-state index contributed by atoms with van der Waals surface area (Å²) < 4.78 is 72.0. The van der Waals surface area contributed by atoms with Crippen LogP contribution in [0.25, 0.3) is 0 Å². The normalized spacial score (nSPS) is 15.3. The van der Waals surface area contributed by atoms with Crippen LogP contribution in [0.3, 0.4) is 0 Å². The van der Waals surface area contributed by atoms with Crippen LogP contribution < -0.4 is 4.74 Å². The van der Waals surface area contributed by atoms with E-state index in [0.29, 0.717) is 11.7 Å². The quantitative estimate of drug-likeness (QED) is 0.634. The molecular formula is C17H19F3N4O5S. The molecule has 1 aromatic heterocycles.